The molecule has 0 aromatic rings. The summed E-state index contributed by atoms with van der Waals surface area (Å²) in [5, 5.41) is 24.5. The Balaban J connectivity index is 2.17. The van der Waals surface area contributed by atoms with E-state index in [1.807, 2.05) is 20.8 Å². The SMILES string of the molecule is CCOC1C(C)CCC2(OCC)C3(C)CC(=O)OC12C1(O)C(C)=C(C)C(=O)C31O. The molecule has 7 unspecified atom stereocenters. The van der Waals surface area contributed by atoms with Gasteiger partial charge >= 0.3 is 5.97 Å². The number of ketones is 1. The zero-order chi connectivity index (χ0) is 21.6. The molecule has 0 radical (unpaired) electrons. The first kappa shape index (κ1) is 21.0. The summed E-state index contributed by atoms with van der Waals surface area (Å²) in [7, 11) is 0. The van der Waals surface area contributed by atoms with Gasteiger partial charge in [-0.3, -0.25) is 9.59 Å². The minimum absolute atomic E-state index is 0.0751. The van der Waals surface area contributed by atoms with Gasteiger partial charge in [-0.15, -0.1) is 0 Å². The Kier molecular flexibility index (Phi) is 4.27. The molecule has 29 heavy (non-hydrogen) atoms. The third kappa shape index (κ3) is 1.75. The monoisotopic (exact) mass is 408 g/mol. The molecule has 1 saturated heterocycles. The Bertz CT molecular complexity index is 820. The quantitative estimate of drug-likeness (QED) is 0.683. The maximum Gasteiger partial charge on any atom is 0.307 e. The third-order valence-electron chi connectivity index (χ3n) is 8.50. The van der Waals surface area contributed by atoms with Crippen LogP contribution in [0.1, 0.15) is 60.8 Å². The van der Waals surface area contributed by atoms with Crippen molar-refractivity contribution in [1.82, 2.24) is 0 Å². The molecule has 0 amide bonds. The highest BCUT2D eigenvalue weighted by Gasteiger charge is 2.97. The van der Waals surface area contributed by atoms with Gasteiger partial charge in [0, 0.05) is 13.2 Å². The Morgan fingerprint density at radius 3 is 2.38 bits per heavy atom. The van der Waals surface area contributed by atoms with E-state index in [0.29, 0.717) is 30.6 Å². The Morgan fingerprint density at radius 1 is 1.14 bits per heavy atom. The molecule has 2 bridgehead atoms. The van der Waals surface area contributed by atoms with E-state index in [1.165, 1.54) is 0 Å². The first-order chi connectivity index (χ1) is 13.5. The summed E-state index contributed by atoms with van der Waals surface area (Å²) in [5.74, 6) is -1.20. The van der Waals surface area contributed by atoms with Crippen LogP contribution in [0.5, 0.6) is 0 Å². The smallest absolute Gasteiger partial charge is 0.307 e. The summed E-state index contributed by atoms with van der Waals surface area (Å²) in [6, 6.07) is 0. The van der Waals surface area contributed by atoms with Crippen LogP contribution in [0, 0.1) is 11.3 Å². The first-order valence-corrected chi connectivity index (χ1v) is 10.6. The molecule has 0 spiro atoms. The summed E-state index contributed by atoms with van der Waals surface area (Å²) in [5.41, 5.74) is -8.09. The van der Waals surface area contributed by atoms with Crippen LogP contribution in [-0.4, -0.2) is 63.7 Å². The topological polar surface area (TPSA) is 102 Å². The minimum Gasteiger partial charge on any atom is -0.449 e. The van der Waals surface area contributed by atoms with Gasteiger partial charge in [0.1, 0.15) is 11.7 Å². The first-order valence-electron chi connectivity index (χ1n) is 10.6. The average Bonchev–Trinajstić information content (AvgIpc) is 2.83. The highest BCUT2D eigenvalue weighted by Crippen LogP contribution is 2.77. The molecule has 1 aliphatic heterocycles. The zero-order valence-corrected chi connectivity index (χ0v) is 18.1. The van der Waals surface area contributed by atoms with Crippen molar-refractivity contribution in [1.29, 1.82) is 0 Å². The fraction of sp³-hybridized carbons (Fsp3) is 0.818. The molecule has 162 valence electrons. The van der Waals surface area contributed by atoms with Gasteiger partial charge in [-0.05, 0) is 57.6 Å². The van der Waals surface area contributed by atoms with Crippen LogP contribution in [0.15, 0.2) is 11.1 Å². The van der Waals surface area contributed by atoms with E-state index in [2.05, 4.69) is 0 Å². The van der Waals surface area contributed by atoms with Crippen molar-refractivity contribution in [2.45, 2.75) is 89.3 Å². The molecule has 0 aromatic heterocycles. The average molecular weight is 408 g/mol. The van der Waals surface area contributed by atoms with E-state index in [9.17, 15) is 19.8 Å². The highest BCUT2D eigenvalue weighted by molar-refractivity contribution is 6.10. The maximum absolute atomic E-state index is 13.5. The number of esters is 1. The van der Waals surface area contributed by atoms with Gasteiger partial charge in [0.2, 0.25) is 5.60 Å². The number of carbonyl (C=O) groups is 2. The predicted octanol–water partition coefficient (Wildman–Crippen LogP) is 1.68. The number of Topliss-reactive ketones (excluding diaryl/α,β-unsaturated/α-hetero) is 1. The molecule has 3 aliphatic carbocycles. The normalized spacial score (nSPS) is 51.2. The molecule has 0 aromatic carbocycles. The van der Waals surface area contributed by atoms with Gasteiger partial charge in [-0.25, -0.2) is 0 Å². The molecule has 3 fully saturated rings. The van der Waals surface area contributed by atoms with E-state index < -0.39 is 45.7 Å². The fourth-order valence-corrected chi connectivity index (χ4v) is 7.26. The van der Waals surface area contributed by atoms with E-state index >= 15 is 0 Å². The molecule has 7 nitrogen and oxygen atoms in total. The van der Waals surface area contributed by atoms with E-state index in [0.717, 1.165) is 0 Å². The number of hydrogen-bond acceptors (Lipinski definition) is 7. The number of ether oxygens (including phenoxy) is 3. The van der Waals surface area contributed by atoms with Crippen LogP contribution in [0.25, 0.3) is 0 Å². The number of hydrogen-bond donors (Lipinski definition) is 2. The lowest BCUT2D eigenvalue weighted by molar-refractivity contribution is -0.325. The minimum atomic E-state index is -2.24. The second-order valence-corrected chi connectivity index (χ2v) is 9.37. The lowest BCUT2D eigenvalue weighted by Gasteiger charge is -2.62. The summed E-state index contributed by atoms with van der Waals surface area (Å²) in [4.78, 5) is 26.4. The molecule has 1 heterocycles. The molecule has 7 heteroatoms. The number of fused-ring (bicyclic) bond motifs is 2. The van der Waals surface area contributed by atoms with Gasteiger partial charge in [-0.2, -0.15) is 0 Å². The van der Waals surface area contributed by atoms with E-state index in [4.69, 9.17) is 14.2 Å². The number of rotatable bonds is 4. The van der Waals surface area contributed by atoms with Crippen molar-refractivity contribution < 1.29 is 34.0 Å². The second-order valence-electron chi connectivity index (χ2n) is 9.37. The van der Waals surface area contributed by atoms with Gasteiger partial charge in [-0.1, -0.05) is 13.8 Å². The van der Waals surface area contributed by atoms with Crippen molar-refractivity contribution in [3.05, 3.63) is 11.1 Å². The molecule has 7 atom stereocenters. The highest BCUT2D eigenvalue weighted by atomic mass is 16.6. The largest absolute Gasteiger partial charge is 0.449 e. The van der Waals surface area contributed by atoms with Gasteiger partial charge < -0.3 is 24.4 Å². The molecule has 2 saturated carbocycles. The molecular formula is C22H32O7. The molecule has 4 rings (SSSR count). The van der Waals surface area contributed by atoms with Crippen molar-refractivity contribution in [3.63, 3.8) is 0 Å². The lowest BCUT2D eigenvalue weighted by atomic mass is 9.55. The van der Waals surface area contributed by atoms with Crippen LogP contribution in [0.2, 0.25) is 0 Å². The van der Waals surface area contributed by atoms with Crippen LogP contribution in [0.4, 0.5) is 0 Å². The molecular weight excluding hydrogens is 376 g/mol. The van der Waals surface area contributed by atoms with Gasteiger partial charge in [0.05, 0.1) is 11.8 Å². The number of carbonyl (C=O) groups excluding carboxylic acids is 2. The second kappa shape index (κ2) is 5.90. The van der Waals surface area contributed by atoms with Crippen LogP contribution >= 0.6 is 0 Å². The maximum atomic E-state index is 13.5. The lowest BCUT2D eigenvalue weighted by Crippen LogP contribution is -2.78. The molecule has 4 aliphatic rings. The van der Waals surface area contributed by atoms with Crippen molar-refractivity contribution in [2.24, 2.45) is 11.3 Å². The van der Waals surface area contributed by atoms with E-state index in [-0.39, 0.29) is 18.9 Å². The van der Waals surface area contributed by atoms with Crippen LogP contribution < -0.4 is 0 Å². The van der Waals surface area contributed by atoms with E-state index in [1.54, 1.807) is 20.8 Å². The Labute approximate surface area is 171 Å². The van der Waals surface area contributed by atoms with Crippen molar-refractivity contribution in [2.75, 3.05) is 13.2 Å². The van der Waals surface area contributed by atoms with Crippen molar-refractivity contribution in [3.8, 4) is 0 Å². The summed E-state index contributed by atoms with van der Waals surface area (Å²) >= 11 is 0. The predicted molar refractivity (Wildman–Crippen MR) is 103 cm³/mol. The van der Waals surface area contributed by atoms with Crippen LogP contribution in [-0.2, 0) is 23.8 Å². The summed E-state index contributed by atoms with van der Waals surface area (Å²) < 4.78 is 18.6. The Morgan fingerprint density at radius 2 is 1.79 bits per heavy atom. The number of aliphatic hydroxyl groups is 2. The molecule has 2 N–H and O–H groups in total. The fourth-order valence-electron chi connectivity index (χ4n) is 7.26. The van der Waals surface area contributed by atoms with Crippen LogP contribution in [0.3, 0.4) is 0 Å². The van der Waals surface area contributed by atoms with Crippen molar-refractivity contribution >= 4 is 11.8 Å². The summed E-state index contributed by atoms with van der Waals surface area (Å²) in [6.07, 6.45) is 0.193. The zero-order valence-electron chi connectivity index (χ0n) is 18.1. The Hall–Kier alpha value is -1.28. The standard InChI is InChI=1S/C22H32O7/c1-7-27-17-12(3)9-10-19(28-8-2)18(6)11-15(23)29-22(17,19)20(25)14(5)13(4)16(24)21(18,20)26/h12,17,25-26H,7-11H2,1-6H3. The van der Waals surface area contributed by atoms with Gasteiger partial charge in [0.15, 0.2) is 17.0 Å². The van der Waals surface area contributed by atoms with Gasteiger partial charge in [0.25, 0.3) is 0 Å². The summed E-state index contributed by atoms with van der Waals surface area (Å²) in [6.45, 7) is 11.2. The third-order valence-corrected chi connectivity index (χ3v) is 8.50.